The molecule has 1 heteroatoms. The van der Waals surface area contributed by atoms with Crippen molar-refractivity contribution < 1.29 is 0 Å². The summed E-state index contributed by atoms with van der Waals surface area (Å²) < 4.78 is 2.09. The first kappa shape index (κ1) is 7.86. The zero-order chi connectivity index (χ0) is 8.27. The van der Waals surface area contributed by atoms with Crippen LogP contribution in [0.25, 0.3) is 12.2 Å². The van der Waals surface area contributed by atoms with Crippen LogP contribution >= 0.6 is 0 Å². The summed E-state index contributed by atoms with van der Waals surface area (Å²) in [7, 11) is 2.04. The Morgan fingerprint density at radius 2 is 2.27 bits per heavy atom. The molecule has 58 valence electrons. The summed E-state index contributed by atoms with van der Waals surface area (Å²) in [5.41, 5.74) is 0. The minimum absolute atomic E-state index is 1.23. The molecule has 11 heavy (non-hydrogen) atoms. The lowest BCUT2D eigenvalue weighted by Gasteiger charge is -1.87. The van der Waals surface area contributed by atoms with Crippen molar-refractivity contribution >= 4 is 12.2 Å². The van der Waals surface area contributed by atoms with Crippen LogP contribution in [0.2, 0.25) is 0 Å². The Bertz CT molecular complexity index is 355. The smallest absolute Gasteiger partial charge is 0.0434 e. The molecule has 0 atom stereocenters. The molecular weight excluding hydrogens is 134 g/mol. The summed E-state index contributed by atoms with van der Waals surface area (Å²) in [4.78, 5) is 0. The van der Waals surface area contributed by atoms with Gasteiger partial charge in [0.15, 0.2) is 0 Å². The quantitative estimate of drug-likeness (QED) is 0.553. The van der Waals surface area contributed by atoms with E-state index >= 15 is 0 Å². The van der Waals surface area contributed by atoms with E-state index in [1.54, 1.807) is 0 Å². The molecule has 0 unspecified atom stereocenters. The van der Waals surface area contributed by atoms with E-state index in [0.717, 1.165) is 0 Å². The van der Waals surface area contributed by atoms with Crippen molar-refractivity contribution in [3.8, 4) is 0 Å². The van der Waals surface area contributed by atoms with E-state index in [1.807, 2.05) is 32.3 Å². The van der Waals surface area contributed by atoms with Gasteiger partial charge in [-0.2, -0.15) is 0 Å². The average molecular weight is 147 g/mol. The Morgan fingerprint density at radius 3 is 2.82 bits per heavy atom. The fourth-order valence-corrected chi connectivity index (χ4v) is 1.20. The lowest BCUT2D eigenvalue weighted by atomic mass is 10.3. The second-order valence-corrected chi connectivity index (χ2v) is 2.46. The predicted molar refractivity (Wildman–Crippen MR) is 49.5 cm³/mol. The summed E-state index contributed by atoms with van der Waals surface area (Å²) in [6.07, 6.45) is 7.96. The Labute approximate surface area is 67.0 Å². The highest BCUT2D eigenvalue weighted by molar-refractivity contribution is 5.36. The van der Waals surface area contributed by atoms with Gasteiger partial charge in [0.05, 0.1) is 0 Å². The molecule has 0 aliphatic rings. The Balaban J connectivity index is 3.52. The zero-order valence-corrected chi connectivity index (χ0v) is 7.04. The van der Waals surface area contributed by atoms with E-state index in [-0.39, 0.29) is 0 Å². The summed E-state index contributed by atoms with van der Waals surface area (Å²) in [5.74, 6) is 0. The molecule has 0 spiro atoms. The number of hydrogen-bond donors (Lipinski definition) is 0. The maximum Gasteiger partial charge on any atom is 0.0434 e. The van der Waals surface area contributed by atoms with E-state index in [0.29, 0.717) is 0 Å². The molecule has 0 saturated carbocycles. The van der Waals surface area contributed by atoms with Crippen LogP contribution < -0.4 is 10.6 Å². The molecule has 1 nitrogen and oxygen atoms in total. The van der Waals surface area contributed by atoms with Crippen LogP contribution in [0.5, 0.6) is 0 Å². The van der Waals surface area contributed by atoms with Crippen molar-refractivity contribution in [3.05, 3.63) is 35.5 Å². The highest BCUT2D eigenvalue weighted by Crippen LogP contribution is 1.72. The molecule has 0 fully saturated rings. The third-order valence-corrected chi connectivity index (χ3v) is 1.72. The third-order valence-electron chi connectivity index (χ3n) is 1.72. The zero-order valence-electron chi connectivity index (χ0n) is 7.04. The van der Waals surface area contributed by atoms with E-state index in [2.05, 4.69) is 23.3 Å². The van der Waals surface area contributed by atoms with E-state index in [9.17, 15) is 0 Å². The SMILES string of the molecule is C=C/C=c1/ccn(C)/c1=C/C. The second kappa shape index (κ2) is 3.24. The van der Waals surface area contributed by atoms with Crippen molar-refractivity contribution in [2.75, 3.05) is 0 Å². The van der Waals surface area contributed by atoms with Crippen LogP contribution in [0.4, 0.5) is 0 Å². The highest BCUT2D eigenvalue weighted by Gasteiger charge is 1.86. The molecule has 0 saturated heterocycles. The fourth-order valence-electron chi connectivity index (χ4n) is 1.20. The number of rotatable bonds is 1. The number of aromatic nitrogens is 1. The maximum absolute atomic E-state index is 3.66. The van der Waals surface area contributed by atoms with Crippen LogP contribution in [0, 0.1) is 0 Å². The highest BCUT2D eigenvalue weighted by atomic mass is 14.9. The molecule has 0 N–H and O–H groups in total. The summed E-state index contributed by atoms with van der Waals surface area (Å²) in [5, 5.41) is 2.47. The summed E-state index contributed by atoms with van der Waals surface area (Å²) in [6.45, 7) is 5.70. The predicted octanol–water partition coefficient (Wildman–Crippen LogP) is 0.792. The molecule has 0 aromatic carbocycles. The van der Waals surface area contributed by atoms with Crippen molar-refractivity contribution in [1.82, 2.24) is 4.57 Å². The van der Waals surface area contributed by atoms with Gasteiger partial charge < -0.3 is 4.57 Å². The molecule has 0 aliphatic heterocycles. The second-order valence-electron chi connectivity index (χ2n) is 2.46. The summed E-state index contributed by atoms with van der Waals surface area (Å²) in [6, 6.07) is 2.08. The molecular formula is C10H13N. The Kier molecular flexibility index (Phi) is 2.32. The lowest BCUT2D eigenvalue weighted by Crippen LogP contribution is -2.26. The minimum atomic E-state index is 1.23. The number of hydrogen-bond acceptors (Lipinski definition) is 0. The standard InChI is InChI=1S/C10H13N/c1-4-6-9-7-8-11(3)10(9)5-2/h4-8H,1H2,2-3H3/b9-6-,10-5+. The molecule has 0 amide bonds. The van der Waals surface area contributed by atoms with Gasteiger partial charge in [-0.1, -0.05) is 24.8 Å². The van der Waals surface area contributed by atoms with Gasteiger partial charge in [-0.05, 0) is 18.2 Å². The molecule has 1 rings (SSSR count). The van der Waals surface area contributed by atoms with Gasteiger partial charge in [-0.3, -0.25) is 0 Å². The van der Waals surface area contributed by atoms with Crippen molar-refractivity contribution in [1.29, 1.82) is 0 Å². The van der Waals surface area contributed by atoms with Crippen LogP contribution in [-0.2, 0) is 7.05 Å². The molecule has 0 radical (unpaired) electrons. The van der Waals surface area contributed by atoms with Gasteiger partial charge >= 0.3 is 0 Å². The average Bonchev–Trinajstić information content (AvgIpc) is 2.33. The topological polar surface area (TPSA) is 4.93 Å². The van der Waals surface area contributed by atoms with Crippen LogP contribution in [0.1, 0.15) is 6.92 Å². The van der Waals surface area contributed by atoms with E-state index in [1.165, 1.54) is 10.6 Å². The first-order valence-corrected chi connectivity index (χ1v) is 3.70. The number of nitrogens with zero attached hydrogens (tertiary/aromatic N) is 1. The summed E-state index contributed by atoms with van der Waals surface area (Å²) >= 11 is 0. The molecule has 0 aliphatic carbocycles. The van der Waals surface area contributed by atoms with Crippen molar-refractivity contribution in [2.45, 2.75) is 6.92 Å². The third kappa shape index (κ3) is 1.43. The van der Waals surface area contributed by atoms with E-state index in [4.69, 9.17) is 0 Å². The molecule has 1 aromatic rings. The van der Waals surface area contributed by atoms with Gasteiger partial charge in [0, 0.05) is 18.6 Å². The van der Waals surface area contributed by atoms with E-state index < -0.39 is 0 Å². The molecule has 0 bridgehead atoms. The minimum Gasteiger partial charge on any atom is -0.351 e. The molecule has 1 heterocycles. The van der Waals surface area contributed by atoms with Crippen LogP contribution in [0.15, 0.2) is 24.9 Å². The maximum atomic E-state index is 3.66. The van der Waals surface area contributed by atoms with Crippen molar-refractivity contribution in [2.24, 2.45) is 7.05 Å². The molecule has 1 aromatic heterocycles. The monoisotopic (exact) mass is 147 g/mol. The normalized spacial score (nSPS) is 14.0. The first-order chi connectivity index (χ1) is 5.29. The van der Waals surface area contributed by atoms with Crippen LogP contribution in [0.3, 0.4) is 0 Å². The Morgan fingerprint density at radius 1 is 1.55 bits per heavy atom. The van der Waals surface area contributed by atoms with Gasteiger partial charge in [-0.25, -0.2) is 0 Å². The van der Waals surface area contributed by atoms with Gasteiger partial charge in [0.25, 0.3) is 0 Å². The van der Waals surface area contributed by atoms with Crippen LogP contribution in [-0.4, -0.2) is 4.57 Å². The first-order valence-electron chi connectivity index (χ1n) is 3.70. The van der Waals surface area contributed by atoms with Crippen molar-refractivity contribution in [3.63, 3.8) is 0 Å². The van der Waals surface area contributed by atoms with Gasteiger partial charge in [-0.15, -0.1) is 0 Å². The van der Waals surface area contributed by atoms with Gasteiger partial charge in [0.2, 0.25) is 0 Å². The lowest BCUT2D eigenvalue weighted by molar-refractivity contribution is 0.887. The largest absolute Gasteiger partial charge is 0.351 e. The number of allylic oxidation sites excluding steroid dienone is 1. The van der Waals surface area contributed by atoms with Gasteiger partial charge in [0.1, 0.15) is 0 Å². The fraction of sp³-hybridized carbons (Fsp3) is 0.200. The number of aryl methyl sites for hydroxylation is 1. The Hall–Kier alpha value is -1.24.